The number of anilines is 1. The van der Waals surface area contributed by atoms with Crippen LogP contribution in [-0.2, 0) is 22.3 Å². The number of carbonyl (C=O) groups is 1. The largest absolute Gasteiger partial charge is 0.598 e. The summed E-state index contributed by atoms with van der Waals surface area (Å²) in [6.07, 6.45) is -6.07. The number of carbonyl (C=O) groups excluding carboxylic acids is 1. The Bertz CT molecular complexity index is 712. The molecule has 160 valence electrons. The second-order valence-corrected chi connectivity index (χ2v) is 10.3. The lowest BCUT2D eigenvalue weighted by Gasteiger charge is -2.27. The molecule has 2 N–H and O–H groups in total. The third kappa shape index (κ3) is 7.14. The van der Waals surface area contributed by atoms with Gasteiger partial charge >= 0.3 is 12.3 Å². The summed E-state index contributed by atoms with van der Waals surface area (Å²) in [5.41, 5.74) is -3.11. The molecular weight excluding hydrogens is 400 g/mol. The highest BCUT2D eigenvalue weighted by Gasteiger charge is 2.37. The van der Waals surface area contributed by atoms with E-state index < -0.39 is 57.1 Å². The van der Waals surface area contributed by atoms with E-state index in [0.717, 1.165) is 6.07 Å². The van der Waals surface area contributed by atoms with Crippen LogP contribution in [0.3, 0.4) is 0 Å². The number of alkyl halides is 3. The molecule has 28 heavy (non-hydrogen) atoms. The van der Waals surface area contributed by atoms with E-state index in [4.69, 9.17) is 4.74 Å². The summed E-state index contributed by atoms with van der Waals surface area (Å²) in [5.74, 6) is -1.62. The van der Waals surface area contributed by atoms with Crippen LogP contribution in [0.15, 0.2) is 12.1 Å². The van der Waals surface area contributed by atoms with Gasteiger partial charge in [-0.2, -0.15) is 13.2 Å². The summed E-state index contributed by atoms with van der Waals surface area (Å²) in [6.45, 7) is 11.3. The molecule has 1 aromatic rings. The van der Waals surface area contributed by atoms with E-state index in [1.807, 2.05) is 5.32 Å². The number of halogens is 4. The summed E-state index contributed by atoms with van der Waals surface area (Å²) in [5, 5.41) is 2.02. The predicted molar refractivity (Wildman–Crippen MR) is 101 cm³/mol. The molecule has 0 aliphatic heterocycles. The lowest BCUT2D eigenvalue weighted by atomic mass is 10.0. The predicted octanol–water partition coefficient (Wildman–Crippen LogP) is 5.30. The van der Waals surface area contributed by atoms with E-state index in [1.54, 1.807) is 41.5 Å². The maximum absolute atomic E-state index is 14.4. The standard InChI is InChI=1S/C18H26F4N2O3S/c1-10(24-28(26)17(5,6)7)11-8-12(18(20,21)22)14(19)13(9-11)23-15(25)27-16(2,3)4/h8-10,24H,1-7H3,(H,23,25)/t10-,28+/m1/s1. The quantitative estimate of drug-likeness (QED) is 0.506. The summed E-state index contributed by atoms with van der Waals surface area (Å²) < 4.78 is 73.4. The Kier molecular flexibility index (Phi) is 7.41. The van der Waals surface area contributed by atoms with Crippen molar-refractivity contribution >= 4 is 23.1 Å². The van der Waals surface area contributed by atoms with Gasteiger partial charge in [-0.1, -0.05) is 0 Å². The fraction of sp³-hybridized carbons (Fsp3) is 0.611. The minimum atomic E-state index is -4.98. The normalized spacial score (nSPS) is 15.1. The van der Waals surface area contributed by atoms with Crippen LogP contribution in [0.5, 0.6) is 0 Å². The van der Waals surface area contributed by atoms with E-state index >= 15 is 0 Å². The Morgan fingerprint density at radius 2 is 1.68 bits per heavy atom. The number of hydrogen-bond acceptors (Lipinski definition) is 4. The molecule has 5 nitrogen and oxygen atoms in total. The van der Waals surface area contributed by atoms with Crippen molar-refractivity contribution in [2.24, 2.45) is 0 Å². The third-order valence-corrected chi connectivity index (χ3v) is 5.06. The average molecular weight is 426 g/mol. The van der Waals surface area contributed by atoms with Gasteiger partial charge in [-0.25, -0.2) is 9.18 Å². The minimum Gasteiger partial charge on any atom is -0.598 e. The van der Waals surface area contributed by atoms with Gasteiger partial charge < -0.3 is 9.29 Å². The van der Waals surface area contributed by atoms with E-state index in [0.29, 0.717) is 6.07 Å². The van der Waals surface area contributed by atoms with Gasteiger partial charge in [-0.3, -0.25) is 5.32 Å². The topological polar surface area (TPSA) is 73.4 Å². The molecule has 0 spiro atoms. The van der Waals surface area contributed by atoms with Crippen LogP contribution in [0.25, 0.3) is 0 Å². The molecule has 0 aliphatic rings. The zero-order chi connectivity index (χ0) is 22.1. The van der Waals surface area contributed by atoms with Gasteiger partial charge in [0.2, 0.25) is 0 Å². The van der Waals surface area contributed by atoms with Gasteiger partial charge in [0.25, 0.3) is 0 Å². The van der Waals surface area contributed by atoms with Crippen LogP contribution in [0.1, 0.15) is 65.6 Å². The number of hydrogen-bond donors (Lipinski definition) is 2. The maximum atomic E-state index is 14.4. The van der Waals surface area contributed by atoms with Crippen molar-refractivity contribution in [2.75, 3.05) is 5.32 Å². The first-order valence-corrected chi connectivity index (χ1v) is 9.65. The van der Waals surface area contributed by atoms with Crippen LogP contribution in [0, 0.1) is 5.82 Å². The molecule has 0 heterocycles. The maximum Gasteiger partial charge on any atom is 0.419 e. The molecule has 0 unspecified atom stereocenters. The third-order valence-electron chi connectivity index (χ3n) is 3.38. The van der Waals surface area contributed by atoms with E-state index in [1.165, 1.54) is 6.92 Å². The molecule has 0 radical (unpaired) electrons. The first kappa shape index (κ1) is 24.5. The second kappa shape index (κ2) is 8.46. The van der Waals surface area contributed by atoms with Crippen molar-refractivity contribution < 1.29 is 31.6 Å². The van der Waals surface area contributed by atoms with Crippen molar-refractivity contribution in [1.29, 1.82) is 0 Å². The zero-order valence-corrected chi connectivity index (χ0v) is 17.7. The van der Waals surface area contributed by atoms with Crippen molar-refractivity contribution in [1.82, 2.24) is 4.72 Å². The Hall–Kier alpha value is -1.52. The molecule has 1 aromatic carbocycles. The Morgan fingerprint density at radius 3 is 2.11 bits per heavy atom. The molecule has 0 aromatic heterocycles. The summed E-state index contributed by atoms with van der Waals surface area (Å²) in [4.78, 5) is 11.9. The number of rotatable bonds is 4. The molecule has 1 amide bonds. The van der Waals surface area contributed by atoms with Crippen LogP contribution < -0.4 is 10.0 Å². The van der Waals surface area contributed by atoms with Crippen LogP contribution in [0.2, 0.25) is 0 Å². The van der Waals surface area contributed by atoms with Gasteiger partial charge in [-0.15, -0.1) is 4.72 Å². The molecule has 0 saturated heterocycles. The Labute approximate surface area is 165 Å². The highest BCUT2D eigenvalue weighted by Crippen LogP contribution is 2.37. The minimum absolute atomic E-state index is 0.0115. The van der Waals surface area contributed by atoms with Gasteiger partial charge in [0.1, 0.15) is 10.3 Å². The van der Waals surface area contributed by atoms with Crippen LogP contribution in [0.4, 0.5) is 28.0 Å². The zero-order valence-electron chi connectivity index (χ0n) is 16.9. The fourth-order valence-electron chi connectivity index (χ4n) is 2.01. The summed E-state index contributed by atoms with van der Waals surface area (Å²) in [6, 6.07) is 0.889. The van der Waals surface area contributed by atoms with Gasteiger partial charge in [0.05, 0.1) is 17.3 Å². The molecule has 0 saturated carbocycles. The highest BCUT2D eigenvalue weighted by molar-refractivity contribution is 7.90. The first-order chi connectivity index (χ1) is 12.4. The summed E-state index contributed by atoms with van der Waals surface area (Å²) in [7, 11) is 0. The van der Waals surface area contributed by atoms with Crippen molar-refractivity contribution in [2.45, 2.75) is 71.0 Å². The van der Waals surface area contributed by atoms with Crippen molar-refractivity contribution in [3.8, 4) is 0 Å². The monoisotopic (exact) mass is 426 g/mol. The number of nitrogens with one attached hydrogen (secondary N) is 2. The lowest BCUT2D eigenvalue weighted by Crippen LogP contribution is -2.40. The first-order valence-electron chi connectivity index (χ1n) is 8.50. The molecule has 0 fully saturated rings. The molecule has 0 aliphatic carbocycles. The fourth-order valence-corrected chi connectivity index (χ4v) is 2.82. The summed E-state index contributed by atoms with van der Waals surface area (Å²) >= 11 is -1.57. The lowest BCUT2D eigenvalue weighted by molar-refractivity contribution is -0.140. The molecule has 10 heteroatoms. The number of benzene rings is 1. The SMILES string of the molecule is C[C@@H](N[S@@+]([O-])C(C)(C)C)c1cc(NC(=O)OC(C)(C)C)c(F)c(C(F)(F)F)c1. The van der Waals surface area contributed by atoms with Crippen LogP contribution in [-0.4, -0.2) is 21.0 Å². The van der Waals surface area contributed by atoms with Gasteiger partial charge in [-0.05, 0) is 66.2 Å². The molecule has 1 rings (SSSR count). The molecular formula is C18H26F4N2O3S. The Balaban J connectivity index is 3.30. The van der Waals surface area contributed by atoms with E-state index in [-0.39, 0.29) is 5.56 Å². The van der Waals surface area contributed by atoms with Gasteiger partial charge in [0, 0.05) is 11.4 Å². The van der Waals surface area contributed by atoms with E-state index in [9.17, 15) is 26.9 Å². The number of amides is 1. The van der Waals surface area contributed by atoms with Crippen LogP contribution >= 0.6 is 0 Å². The average Bonchev–Trinajstić information content (AvgIpc) is 2.44. The second-order valence-electron chi connectivity index (χ2n) is 8.28. The van der Waals surface area contributed by atoms with E-state index in [2.05, 4.69) is 4.72 Å². The smallest absolute Gasteiger partial charge is 0.419 e. The van der Waals surface area contributed by atoms with Crippen molar-refractivity contribution in [3.63, 3.8) is 0 Å². The molecule has 0 bridgehead atoms. The number of ether oxygens (including phenoxy) is 1. The molecule has 2 atom stereocenters. The van der Waals surface area contributed by atoms with Gasteiger partial charge in [0.15, 0.2) is 5.82 Å². The highest BCUT2D eigenvalue weighted by atomic mass is 32.2. The van der Waals surface area contributed by atoms with Crippen molar-refractivity contribution in [3.05, 3.63) is 29.1 Å². The Morgan fingerprint density at radius 1 is 1.14 bits per heavy atom.